The lowest BCUT2D eigenvalue weighted by molar-refractivity contribution is 0.573. The zero-order valence-electron chi connectivity index (χ0n) is 20.7. The molecule has 0 radical (unpaired) electrons. The van der Waals surface area contributed by atoms with Crippen LogP contribution in [0.2, 0.25) is 0 Å². The number of rotatable bonds is 4. The number of piperidine rings is 1. The lowest BCUT2D eigenvalue weighted by atomic mass is 10.1. The molecule has 1 aliphatic rings. The molecule has 1 aliphatic heterocycles. The molecule has 3 N–H and O–H groups in total. The van der Waals surface area contributed by atoms with Crippen LogP contribution in [0.25, 0.3) is 44.4 Å². The number of hydrogen-bond donors (Lipinski definition) is 2. The average Bonchev–Trinajstić information content (AvgIpc) is 3.63. The number of nitrogens with one attached hydrogen (secondary N) is 1. The molecule has 0 amide bonds. The third kappa shape index (κ3) is 3.72. The Balaban J connectivity index is 1.23. The number of fused-ring (bicyclic) bond motifs is 2. The van der Waals surface area contributed by atoms with E-state index in [1.165, 1.54) is 19.3 Å². The van der Waals surface area contributed by atoms with Crippen LogP contribution in [0.3, 0.4) is 0 Å². The first-order chi connectivity index (χ1) is 18.1. The lowest BCUT2D eigenvalue weighted by Gasteiger charge is -2.27. The zero-order valence-corrected chi connectivity index (χ0v) is 20.7. The Bertz CT molecular complexity index is 1730. The molecule has 0 aliphatic carbocycles. The van der Waals surface area contributed by atoms with Gasteiger partial charge in [0, 0.05) is 31.0 Å². The number of aromatic nitrogens is 6. The number of aryl methyl sites for hydroxylation is 1. The van der Waals surface area contributed by atoms with Crippen molar-refractivity contribution in [2.45, 2.75) is 26.2 Å². The number of nitrogens with zero attached hydrogens (tertiary/aromatic N) is 6. The summed E-state index contributed by atoms with van der Waals surface area (Å²) >= 11 is 0. The molecule has 2 aromatic carbocycles. The van der Waals surface area contributed by atoms with Crippen LogP contribution in [0.15, 0.2) is 73.2 Å². The van der Waals surface area contributed by atoms with Crippen molar-refractivity contribution in [3.8, 4) is 22.5 Å². The van der Waals surface area contributed by atoms with E-state index in [0.29, 0.717) is 5.82 Å². The largest absolute Gasteiger partial charge is 0.382 e. The minimum Gasteiger partial charge on any atom is -0.382 e. The van der Waals surface area contributed by atoms with Gasteiger partial charge < -0.3 is 20.2 Å². The summed E-state index contributed by atoms with van der Waals surface area (Å²) in [6.45, 7) is 4.14. The van der Waals surface area contributed by atoms with Crippen molar-refractivity contribution in [1.82, 2.24) is 29.3 Å². The van der Waals surface area contributed by atoms with Gasteiger partial charge in [-0.05, 0) is 79.6 Å². The van der Waals surface area contributed by atoms with Crippen molar-refractivity contribution < 1.29 is 0 Å². The summed E-state index contributed by atoms with van der Waals surface area (Å²) in [5.41, 5.74) is 13.5. The number of benzene rings is 2. The van der Waals surface area contributed by atoms with Crippen LogP contribution in [0, 0.1) is 6.92 Å². The molecule has 0 unspecified atom stereocenters. The maximum Gasteiger partial charge on any atom is 0.151 e. The summed E-state index contributed by atoms with van der Waals surface area (Å²) in [5.74, 6) is 2.52. The van der Waals surface area contributed by atoms with E-state index in [2.05, 4.69) is 60.9 Å². The topological polar surface area (TPSA) is 93.6 Å². The number of anilines is 2. The van der Waals surface area contributed by atoms with Crippen molar-refractivity contribution in [3.05, 3.63) is 79.0 Å². The summed E-state index contributed by atoms with van der Waals surface area (Å²) in [7, 11) is 0. The smallest absolute Gasteiger partial charge is 0.151 e. The molecule has 5 heterocycles. The summed E-state index contributed by atoms with van der Waals surface area (Å²) in [5, 5.41) is 5.76. The van der Waals surface area contributed by atoms with Gasteiger partial charge in [0.2, 0.25) is 0 Å². The molecule has 1 saturated heterocycles. The molecule has 8 nitrogen and oxygen atoms in total. The van der Waals surface area contributed by atoms with E-state index in [1.54, 1.807) is 4.68 Å². The number of pyridine rings is 1. The second-order valence-electron chi connectivity index (χ2n) is 9.76. The molecular weight excluding hydrogens is 460 g/mol. The highest BCUT2D eigenvalue weighted by atomic mass is 15.3. The normalized spacial score (nSPS) is 14.1. The molecule has 1 fully saturated rings. The maximum absolute atomic E-state index is 6.64. The van der Waals surface area contributed by atoms with E-state index in [0.717, 1.165) is 69.2 Å². The van der Waals surface area contributed by atoms with Gasteiger partial charge in [0.15, 0.2) is 5.82 Å². The van der Waals surface area contributed by atoms with E-state index in [4.69, 9.17) is 10.7 Å². The lowest BCUT2D eigenvalue weighted by Crippen LogP contribution is -2.29. The molecular formula is C29H28N8. The molecule has 8 heteroatoms. The van der Waals surface area contributed by atoms with Gasteiger partial charge in [0.1, 0.15) is 17.3 Å². The Morgan fingerprint density at radius 3 is 2.59 bits per heavy atom. The van der Waals surface area contributed by atoms with E-state index in [9.17, 15) is 0 Å². The quantitative estimate of drug-likeness (QED) is 0.335. The van der Waals surface area contributed by atoms with Gasteiger partial charge in [0.05, 0.1) is 28.4 Å². The van der Waals surface area contributed by atoms with E-state index < -0.39 is 0 Å². The fourth-order valence-electron chi connectivity index (χ4n) is 5.38. The van der Waals surface area contributed by atoms with Gasteiger partial charge in [0.25, 0.3) is 0 Å². The van der Waals surface area contributed by atoms with Gasteiger partial charge >= 0.3 is 0 Å². The van der Waals surface area contributed by atoms with Gasteiger partial charge in [-0.25, -0.2) is 14.6 Å². The van der Waals surface area contributed by atoms with Crippen LogP contribution in [0.4, 0.5) is 11.6 Å². The fraction of sp³-hybridized carbons (Fsp3) is 0.207. The number of imidazole rings is 1. The summed E-state index contributed by atoms with van der Waals surface area (Å²) in [6, 6.07) is 18.9. The van der Waals surface area contributed by atoms with Gasteiger partial charge in [-0.15, -0.1) is 0 Å². The first kappa shape index (κ1) is 21.7. The molecule has 184 valence electrons. The predicted molar refractivity (Wildman–Crippen MR) is 148 cm³/mol. The zero-order chi connectivity index (χ0) is 24.9. The van der Waals surface area contributed by atoms with Gasteiger partial charge in [-0.2, -0.15) is 5.10 Å². The molecule has 0 bridgehead atoms. The van der Waals surface area contributed by atoms with Crippen LogP contribution >= 0.6 is 0 Å². The van der Waals surface area contributed by atoms with Crippen LogP contribution in [0.1, 0.15) is 25.1 Å². The van der Waals surface area contributed by atoms with E-state index in [-0.39, 0.29) is 0 Å². The highest BCUT2D eigenvalue weighted by Gasteiger charge is 2.15. The number of aromatic amines is 1. The van der Waals surface area contributed by atoms with Gasteiger partial charge in [-0.3, -0.25) is 0 Å². The van der Waals surface area contributed by atoms with Crippen molar-refractivity contribution in [3.63, 3.8) is 0 Å². The standard InChI is InChI=1S/C29H28N8/c1-19-33-24-9-8-23(16-25(24)34-19)37-29(30)27(18-32-37)36-14-11-20-5-6-21(15-26(20)36)22-7-10-28(31-17-22)35-12-3-2-4-13-35/h5-11,14-18H,2-4,12-13,30H2,1H3,(H,33,34). The van der Waals surface area contributed by atoms with E-state index in [1.807, 2.05) is 43.7 Å². The van der Waals surface area contributed by atoms with Crippen molar-refractivity contribution in [2.75, 3.05) is 23.7 Å². The predicted octanol–water partition coefficient (Wildman–Crippen LogP) is 5.64. The first-order valence-corrected chi connectivity index (χ1v) is 12.8. The third-order valence-corrected chi connectivity index (χ3v) is 7.33. The molecule has 7 rings (SSSR count). The second-order valence-corrected chi connectivity index (χ2v) is 9.76. The first-order valence-electron chi connectivity index (χ1n) is 12.8. The molecule has 0 spiro atoms. The van der Waals surface area contributed by atoms with Crippen LogP contribution in [-0.2, 0) is 0 Å². The summed E-state index contributed by atoms with van der Waals surface area (Å²) in [4.78, 5) is 14.9. The Hall–Kier alpha value is -4.59. The molecule has 6 aromatic rings. The minimum atomic E-state index is 0.575. The highest BCUT2D eigenvalue weighted by Crippen LogP contribution is 2.31. The van der Waals surface area contributed by atoms with Gasteiger partial charge in [-0.1, -0.05) is 12.1 Å². The Kier molecular flexibility index (Phi) is 4.99. The number of nitrogens with two attached hydrogens (primary N) is 1. The second kappa shape index (κ2) is 8.51. The maximum atomic E-state index is 6.64. The van der Waals surface area contributed by atoms with Crippen LogP contribution in [-0.4, -0.2) is 42.4 Å². The SMILES string of the molecule is Cc1nc2ccc(-n3ncc(-n4ccc5ccc(-c6ccc(N7CCCCC7)nc6)cc54)c3N)cc2[nH]1. The average molecular weight is 489 g/mol. The highest BCUT2D eigenvalue weighted by molar-refractivity contribution is 5.87. The van der Waals surface area contributed by atoms with Crippen molar-refractivity contribution >= 4 is 33.6 Å². The third-order valence-electron chi connectivity index (χ3n) is 7.33. The van der Waals surface area contributed by atoms with Crippen molar-refractivity contribution in [1.29, 1.82) is 0 Å². The van der Waals surface area contributed by atoms with Crippen LogP contribution in [0.5, 0.6) is 0 Å². The Labute approximate surface area is 214 Å². The van der Waals surface area contributed by atoms with E-state index >= 15 is 0 Å². The minimum absolute atomic E-state index is 0.575. The molecule has 0 atom stereocenters. The Morgan fingerprint density at radius 2 is 1.76 bits per heavy atom. The number of H-pyrrole nitrogens is 1. The van der Waals surface area contributed by atoms with Crippen LogP contribution < -0.4 is 10.6 Å². The molecule has 4 aromatic heterocycles. The molecule has 37 heavy (non-hydrogen) atoms. The summed E-state index contributed by atoms with van der Waals surface area (Å²) < 4.78 is 3.87. The fourth-order valence-corrected chi connectivity index (χ4v) is 5.38. The number of hydrogen-bond acceptors (Lipinski definition) is 5. The molecule has 0 saturated carbocycles. The Morgan fingerprint density at radius 1 is 0.892 bits per heavy atom. The number of nitrogen functional groups attached to an aromatic ring is 1. The monoisotopic (exact) mass is 488 g/mol. The summed E-state index contributed by atoms with van der Waals surface area (Å²) in [6.07, 6.45) is 9.65. The van der Waals surface area contributed by atoms with Crippen molar-refractivity contribution in [2.24, 2.45) is 0 Å².